The largest absolute Gasteiger partial charge is 0.508 e. The zero-order valence-corrected chi connectivity index (χ0v) is 21.4. The van der Waals surface area contributed by atoms with Gasteiger partial charge in [-0.05, 0) is 47.5 Å². The van der Waals surface area contributed by atoms with Crippen LogP contribution in [0.15, 0.2) is 72.8 Å². The van der Waals surface area contributed by atoms with Crippen LogP contribution in [-0.4, -0.2) is 65.6 Å². The Morgan fingerprint density at radius 3 is 1.97 bits per heavy atom. The van der Waals surface area contributed by atoms with Crippen LogP contribution in [0.1, 0.15) is 17.2 Å². The predicted octanol–water partition coefficient (Wildman–Crippen LogP) is 3.75. The van der Waals surface area contributed by atoms with Crippen molar-refractivity contribution in [1.29, 1.82) is 0 Å². The molecule has 190 valence electrons. The van der Waals surface area contributed by atoms with Gasteiger partial charge in [0.05, 0.1) is 30.1 Å². The summed E-state index contributed by atoms with van der Waals surface area (Å²) in [5, 5.41) is 31.5. The molecular formula is C25H24Cl2N2O6S. The average molecular weight is 551 g/mol. The first-order valence-electron chi connectivity index (χ1n) is 10.9. The summed E-state index contributed by atoms with van der Waals surface area (Å²) >= 11 is 12.2. The molecule has 3 atom stereocenters. The summed E-state index contributed by atoms with van der Waals surface area (Å²) in [5.74, 6) is -1.63. The van der Waals surface area contributed by atoms with E-state index in [1.165, 1.54) is 24.3 Å². The highest BCUT2D eigenvalue weighted by molar-refractivity contribution is 7.92. The zero-order valence-electron chi connectivity index (χ0n) is 19.1. The molecule has 1 aliphatic rings. The third-order valence-electron chi connectivity index (χ3n) is 6.20. The van der Waals surface area contributed by atoms with E-state index < -0.39 is 40.2 Å². The number of aliphatic carboxylic acids is 1. The SMILES string of the molecule is CS(=O)(=O)N(c1cccc(O)c1)C1CN(C(c2ccc(Cl)cc2)c2ccc(Cl)cc2)C1C(O)C(=O)O. The minimum Gasteiger partial charge on any atom is -0.508 e. The molecule has 0 radical (unpaired) electrons. The first kappa shape index (κ1) is 26.2. The molecule has 4 rings (SSSR count). The van der Waals surface area contributed by atoms with Crippen molar-refractivity contribution in [2.45, 2.75) is 24.2 Å². The number of aliphatic hydroxyl groups is 1. The monoisotopic (exact) mass is 550 g/mol. The van der Waals surface area contributed by atoms with Gasteiger partial charge in [0.1, 0.15) is 5.75 Å². The maximum absolute atomic E-state index is 12.9. The molecule has 0 saturated carbocycles. The number of carboxylic acid groups (broad SMARTS) is 1. The number of benzene rings is 3. The standard InChI is InChI=1S/C25H24Cl2N2O6S/c1-36(34,35)29(19-3-2-4-20(30)13-19)21-14-28(23(21)24(31)25(32)33)22(15-5-9-17(26)10-6-15)16-7-11-18(27)12-8-16/h2-13,21-24,30-31H,14H2,1H3,(H,32,33). The molecule has 1 aliphatic heterocycles. The number of hydrogen-bond donors (Lipinski definition) is 3. The maximum Gasteiger partial charge on any atom is 0.334 e. The van der Waals surface area contributed by atoms with E-state index in [9.17, 15) is 28.5 Å². The van der Waals surface area contributed by atoms with Crippen LogP contribution in [0.5, 0.6) is 5.75 Å². The lowest BCUT2D eigenvalue weighted by Gasteiger charge is -2.55. The molecule has 36 heavy (non-hydrogen) atoms. The van der Waals surface area contributed by atoms with Crippen LogP contribution in [0.4, 0.5) is 5.69 Å². The molecule has 3 N–H and O–H groups in total. The number of rotatable bonds is 8. The van der Waals surface area contributed by atoms with Crippen molar-refractivity contribution in [1.82, 2.24) is 4.90 Å². The van der Waals surface area contributed by atoms with Crippen molar-refractivity contribution in [2.75, 3.05) is 17.1 Å². The lowest BCUT2D eigenvalue weighted by molar-refractivity contribution is -0.156. The number of hydrogen-bond acceptors (Lipinski definition) is 6. The van der Waals surface area contributed by atoms with Gasteiger partial charge in [-0.2, -0.15) is 0 Å². The van der Waals surface area contributed by atoms with Gasteiger partial charge >= 0.3 is 5.97 Å². The smallest absolute Gasteiger partial charge is 0.334 e. The van der Waals surface area contributed by atoms with E-state index in [1.54, 1.807) is 53.4 Å². The fraction of sp³-hybridized carbons (Fsp3) is 0.240. The lowest BCUT2D eigenvalue weighted by Crippen LogP contribution is -2.73. The van der Waals surface area contributed by atoms with Crippen LogP contribution in [0.3, 0.4) is 0 Å². The van der Waals surface area contributed by atoms with Gasteiger partial charge in [-0.3, -0.25) is 9.21 Å². The molecule has 11 heteroatoms. The molecule has 1 fully saturated rings. The molecule has 0 bridgehead atoms. The van der Waals surface area contributed by atoms with Crippen molar-refractivity contribution in [2.24, 2.45) is 0 Å². The molecule has 0 spiro atoms. The van der Waals surface area contributed by atoms with E-state index in [1.807, 2.05) is 0 Å². The Bertz CT molecular complexity index is 1310. The first-order chi connectivity index (χ1) is 17.0. The van der Waals surface area contributed by atoms with E-state index in [0.717, 1.165) is 21.7 Å². The number of aromatic hydroxyl groups is 1. The molecule has 1 saturated heterocycles. The first-order valence-corrected chi connectivity index (χ1v) is 13.5. The fourth-order valence-electron chi connectivity index (χ4n) is 4.68. The van der Waals surface area contributed by atoms with Crippen molar-refractivity contribution in [3.63, 3.8) is 0 Å². The van der Waals surface area contributed by atoms with E-state index >= 15 is 0 Å². The molecule has 0 aliphatic carbocycles. The number of phenolic OH excluding ortho intramolecular Hbond substituents is 1. The summed E-state index contributed by atoms with van der Waals surface area (Å²) in [6.07, 6.45) is -0.896. The summed E-state index contributed by atoms with van der Waals surface area (Å²) < 4.78 is 26.8. The maximum atomic E-state index is 12.9. The summed E-state index contributed by atoms with van der Waals surface area (Å²) in [6.45, 7) is 0.105. The second-order valence-electron chi connectivity index (χ2n) is 8.62. The van der Waals surface area contributed by atoms with Crippen molar-refractivity contribution in [3.05, 3.63) is 94.0 Å². The van der Waals surface area contributed by atoms with Gasteiger partial charge in [0.25, 0.3) is 0 Å². The predicted molar refractivity (Wildman–Crippen MR) is 138 cm³/mol. The lowest BCUT2D eigenvalue weighted by atomic mass is 9.84. The minimum absolute atomic E-state index is 0.105. The molecular weight excluding hydrogens is 527 g/mol. The topological polar surface area (TPSA) is 118 Å². The molecule has 0 amide bonds. The number of carbonyl (C=O) groups is 1. The third-order valence-corrected chi connectivity index (χ3v) is 7.90. The Balaban J connectivity index is 1.82. The number of nitrogens with zero attached hydrogens (tertiary/aromatic N) is 2. The summed E-state index contributed by atoms with van der Waals surface area (Å²) in [7, 11) is -3.92. The number of sulfonamides is 1. The Labute approximate surface area is 219 Å². The number of likely N-dealkylation sites (tertiary alicyclic amines) is 1. The zero-order chi connectivity index (χ0) is 26.2. The van der Waals surface area contributed by atoms with E-state index in [-0.39, 0.29) is 18.0 Å². The quantitative estimate of drug-likeness (QED) is 0.390. The normalized spacial score (nSPS) is 19.0. The molecule has 0 aromatic heterocycles. The molecule has 8 nitrogen and oxygen atoms in total. The van der Waals surface area contributed by atoms with Crippen LogP contribution >= 0.6 is 23.2 Å². The van der Waals surface area contributed by atoms with Gasteiger partial charge in [0.2, 0.25) is 10.0 Å². The van der Waals surface area contributed by atoms with Crippen LogP contribution in [0, 0.1) is 0 Å². The molecule has 1 heterocycles. The minimum atomic E-state index is -3.92. The van der Waals surface area contributed by atoms with Crippen LogP contribution in [-0.2, 0) is 14.8 Å². The van der Waals surface area contributed by atoms with Gasteiger partial charge in [-0.15, -0.1) is 0 Å². The highest BCUT2D eigenvalue weighted by Gasteiger charge is 2.53. The Hall–Kier alpha value is -2.82. The summed E-state index contributed by atoms with van der Waals surface area (Å²) in [4.78, 5) is 13.7. The molecule has 3 aromatic rings. The fourth-order valence-corrected chi connectivity index (χ4v) is 6.11. The van der Waals surface area contributed by atoms with Gasteiger partial charge < -0.3 is 15.3 Å². The van der Waals surface area contributed by atoms with Crippen LogP contribution < -0.4 is 4.31 Å². The summed E-state index contributed by atoms with van der Waals surface area (Å²) in [5.41, 5.74) is 1.70. The van der Waals surface area contributed by atoms with Crippen molar-refractivity contribution in [3.8, 4) is 5.75 Å². The average Bonchev–Trinajstić information content (AvgIpc) is 2.79. The number of phenols is 1. The van der Waals surface area contributed by atoms with Gasteiger partial charge in [0, 0.05) is 22.7 Å². The van der Waals surface area contributed by atoms with E-state index in [4.69, 9.17) is 23.2 Å². The van der Waals surface area contributed by atoms with Crippen molar-refractivity contribution < 1.29 is 28.5 Å². The summed E-state index contributed by atoms with van der Waals surface area (Å²) in [6, 6.07) is 17.1. The third kappa shape index (κ3) is 5.30. The Kier molecular flexibility index (Phi) is 7.49. The van der Waals surface area contributed by atoms with E-state index in [0.29, 0.717) is 10.0 Å². The van der Waals surface area contributed by atoms with Gasteiger partial charge in [-0.25, -0.2) is 13.2 Å². The van der Waals surface area contributed by atoms with Gasteiger partial charge in [-0.1, -0.05) is 53.5 Å². The highest BCUT2D eigenvalue weighted by Crippen LogP contribution is 2.42. The second-order valence-corrected chi connectivity index (χ2v) is 11.4. The van der Waals surface area contributed by atoms with E-state index in [2.05, 4.69) is 0 Å². The number of aliphatic hydroxyl groups excluding tert-OH is 1. The number of halogens is 2. The number of anilines is 1. The highest BCUT2D eigenvalue weighted by atomic mass is 35.5. The van der Waals surface area contributed by atoms with Crippen molar-refractivity contribution >= 4 is 44.9 Å². The number of carboxylic acids is 1. The van der Waals surface area contributed by atoms with Crippen LogP contribution in [0.25, 0.3) is 0 Å². The second kappa shape index (κ2) is 10.3. The van der Waals surface area contributed by atoms with Crippen LogP contribution in [0.2, 0.25) is 10.0 Å². The van der Waals surface area contributed by atoms with Gasteiger partial charge in [0.15, 0.2) is 6.10 Å². The molecule has 3 aromatic carbocycles. The molecule has 3 unspecified atom stereocenters. The Morgan fingerprint density at radius 1 is 1.00 bits per heavy atom. The Morgan fingerprint density at radius 2 is 1.53 bits per heavy atom.